The number of aromatic nitrogens is 2. The molecule has 0 saturated carbocycles. The van der Waals surface area contributed by atoms with Gasteiger partial charge in [-0.25, -0.2) is 0 Å². The second kappa shape index (κ2) is 3.79. The van der Waals surface area contributed by atoms with Gasteiger partial charge in [-0.2, -0.15) is 0 Å². The molecule has 14 heavy (non-hydrogen) atoms. The van der Waals surface area contributed by atoms with E-state index in [1.54, 1.807) is 13.2 Å². The van der Waals surface area contributed by atoms with Crippen molar-refractivity contribution in [3.63, 3.8) is 0 Å². The summed E-state index contributed by atoms with van der Waals surface area (Å²) in [4.78, 5) is 2.15. The van der Waals surface area contributed by atoms with Gasteiger partial charge in [0.25, 0.3) is 0 Å². The molecule has 1 aromatic rings. The van der Waals surface area contributed by atoms with Gasteiger partial charge < -0.3 is 15.4 Å². The topological polar surface area (TPSA) is 64.3 Å². The summed E-state index contributed by atoms with van der Waals surface area (Å²) >= 11 is 0. The molecule has 0 aromatic carbocycles. The average Bonchev–Trinajstić information content (AvgIpc) is 2.67. The normalized spacial score (nSPS) is 21.5. The molecule has 0 aliphatic carbocycles. The first kappa shape index (κ1) is 9.21. The van der Waals surface area contributed by atoms with Crippen molar-refractivity contribution < 1.29 is 4.74 Å². The van der Waals surface area contributed by atoms with E-state index in [0.717, 1.165) is 25.3 Å². The average molecular weight is 194 g/mol. The Morgan fingerprint density at radius 2 is 2.36 bits per heavy atom. The highest BCUT2D eigenvalue weighted by atomic mass is 16.5. The zero-order chi connectivity index (χ0) is 9.97. The molecular weight excluding hydrogens is 180 g/mol. The third kappa shape index (κ3) is 1.77. The van der Waals surface area contributed by atoms with Crippen LogP contribution in [0.2, 0.25) is 0 Å². The first-order valence-corrected chi connectivity index (χ1v) is 4.66. The molecule has 1 unspecified atom stereocenters. The molecule has 0 bridgehead atoms. The molecule has 1 aliphatic heterocycles. The minimum Gasteiger partial charge on any atom is -0.382 e. The van der Waals surface area contributed by atoms with Gasteiger partial charge in [-0.05, 0) is 18.6 Å². The summed E-state index contributed by atoms with van der Waals surface area (Å²) in [6.07, 6.45) is 1.36. The van der Waals surface area contributed by atoms with Crippen molar-refractivity contribution in [2.45, 2.75) is 12.5 Å². The zero-order valence-electron chi connectivity index (χ0n) is 8.18. The molecule has 0 spiro atoms. The lowest BCUT2D eigenvalue weighted by molar-refractivity contribution is 0.121. The Morgan fingerprint density at radius 3 is 2.93 bits per heavy atom. The lowest BCUT2D eigenvalue weighted by Crippen LogP contribution is -2.23. The molecule has 1 saturated heterocycles. The fourth-order valence-electron chi connectivity index (χ4n) is 1.63. The minimum atomic E-state index is 0.314. The van der Waals surface area contributed by atoms with Crippen molar-refractivity contribution in [2.24, 2.45) is 0 Å². The molecule has 0 amide bonds. The van der Waals surface area contributed by atoms with Crippen LogP contribution in [0.3, 0.4) is 0 Å². The summed E-state index contributed by atoms with van der Waals surface area (Å²) < 4.78 is 5.27. The van der Waals surface area contributed by atoms with Crippen molar-refractivity contribution in [2.75, 3.05) is 30.8 Å². The van der Waals surface area contributed by atoms with Crippen LogP contribution in [0.4, 0.5) is 11.6 Å². The Labute approximate surface area is 82.9 Å². The van der Waals surface area contributed by atoms with Gasteiger partial charge in [0, 0.05) is 20.2 Å². The van der Waals surface area contributed by atoms with Crippen LogP contribution in [0, 0.1) is 0 Å². The van der Waals surface area contributed by atoms with Crippen LogP contribution >= 0.6 is 0 Å². The van der Waals surface area contributed by atoms with Gasteiger partial charge in [0.1, 0.15) is 5.82 Å². The second-order valence-electron chi connectivity index (χ2n) is 3.41. The predicted octanol–water partition coefficient (Wildman–Crippen LogP) is 0.284. The molecule has 0 radical (unpaired) electrons. The van der Waals surface area contributed by atoms with Crippen LogP contribution in [0.25, 0.3) is 0 Å². The van der Waals surface area contributed by atoms with E-state index < -0.39 is 0 Å². The van der Waals surface area contributed by atoms with E-state index in [0.29, 0.717) is 11.9 Å². The van der Waals surface area contributed by atoms with Crippen LogP contribution in [0.1, 0.15) is 6.42 Å². The molecule has 2 N–H and O–H groups in total. The number of nitrogen functional groups attached to an aromatic ring is 1. The molecule has 1 fully saturated rings. The number of methoxy groups -OCH3 is 1. The van der Waals surface area contributed by atoms with E-state index in [9.17, 15) is 0 Å². The van der Waals surface area contributed by atoms with E-state index in [2.05, 4.69) is 15.1 Å². The highest BCUT2D eigenvalue weighted by Gasteiger charge is 2.22. The van der Waals surface area contributed by atoms with Crippen molar-refractivity contribution in [1.29, 1.82) is 0 Å². The van der Waals surface area contributed by atoms with Crippen LogP contribution < -0.4 is 10.6 Å². The Bertz CT molecular complexity index is 300. The third-order valence-electron chi connectivity index (χ3n) is 2.47. The van der Waals surface area contributed by atoms with Gasteiger partial charge in [-0.1, -0.05) is 0 Å². The van der Waals surface area contributed by atoms with Gasteiger partial charge in [0.2, 0.25) is 0 Å². The highest BCUT2D eigenvalue weighted by molar-refractivity contribution is 5.42. The summed E-state index contributed by atoms with van der Waals surface area (Å²) in [6, 6.07) is 3.66. The van der Waals surface area contributed by atoms with Gasteiger partial charge in [-0.15, -0.1) is 10.2 Å². The monoisotopic (exact) mass is 194 g/mol. The number of rotatable bonds is 2. The number of hydrogen-bond acceptors (Lipinski definition) is 5. The minimum absolute atomic E-state index is 0.314. The van der Waals surface area contributed by atoms with Crippen molar-refractivity contribution in [3.8, 4) is 0 Å². The third-order valence-corrected chi connectivity index (χ3v) is 2.47. The van der Waals surface area contributed by atoms with Crippen LogP contribution in [-0.4, -0.2) is 36.5 Å². The van der Waals surface area contributed by atoms with Crippen molar-refractivity contribution in [3.05, 3.63) is 12.1 Å². The molecule has 2 heterocycles. The molecule has 2 rings (SSSR count). The fraction of sp³-hybridized carbons (Fsp3) is 0.556. The number of nitrogens with zero attached hydrogens (tertiary/aromatic N) is 3. The van der Waals surface area contributed by atoms with E-state index in [-0.39, 0.29) is 0 Å². The first-order valence-electron chi connectivity index (χ1n) is 4.66. The lowest BCUT2D eigenvalue weighted by Gasteiger charge is -2.15. The zero-order valence-corrected chi connectivity index (χ0v) is 8.18. The largest absolute Gasteiger partial charge is 0.382 e. The summed E-state index contributed by atoms with van der Waals surface area (Å²) in [6.45, 7) is 1.85. The SMILES string of the molecule is COC1CCN(c2ccc(N)nn2)C1. The van der Waals surface area contributed by atoms with Crippen LogP contribution in [0.5, 0.6) is 0 Å². The smallest absolute Gasteiger partial charge is 0.151 e. The molecule has 1 atom stereocenters. The fourth-order valence-corrected chi connectivity index (χ4v) is 1.63. The second-order valence-corrected chi connectivity index (χ2v) is 3.41. The Morgan fingerprint density at radius 1 is 1.50 bits per heavy atom. The maximum absolute atomic E-state index is 5.46. The number of anilines is 2. The summed E-state index contributed by atoms with van der Waals surface area (Å²) in [7, 11) is 1.74. The van der Waals surface area contributed by atoms with Crippen molar-refractivity contribution in [1.82, 2.24) is 10.2 Å². The highest BCUT2D eigenvalue weighted by Crippen LogP contribution is 2.18. The summed E-state index contributed by atoms with van der Waals surface area (Å²) in [5, 5.41) is 7.84. The maximum atomic E-state index is 5.46. The predicted molar refractivity (Wildman–Crippen MR) is 54.1 cm³/mol. The van der Waals surface area contributed by atoms with E-state index >= 15 is 0 Å². The van der Waals surface area contributed by atoms with E-state index in [4.69, 9.17) is 10.5 Å². The quantitative estimate of drug-likeness (QED) is 0.732. The molecule has 5 heteroatoms. The van der Waals surface area contributed by atoms with E-state index in [1.807, 2.05) is 6.07 Å². The van der Waals surface area contributed by atoms with Gasteiger partial charge in [0.15, 0.2) is 5.82 Å². The van der Waals surface area contributed by atoms with Gasteiger partial charge in [0.05, 0.1) is 6.10 Å². The van der Waals surface area contributed by atoms with Crippen molar-refractivity contribution >= 4 is 11.6 Å². The summed E-state index contributed by atoms with van der Waals surface area (Å²) in [5.74, 6) is 1.33. The standard InChI is InChI=1S/C9H14N4O/c1-14-7-4-5-13(6-7)9-3-2-8(10)11-12-9/h2-3,7H,4-6H2,1H3,(H2,10,11). The Kier molecular flexibility index (Phi) is 2.49. The number of hydrogen-bond donors (Lipinski definition) is 1. The number of ether oxygens (including phenoxy) is 1. The molecule has 5 nitrogen and oxygen atoms in total. The Hall–Kier alpha value is -1.36. The molecule has 1 aliphatic rings. The van der Waals surface area contributed by atoms with Crippen LogP contribution in [0.15, 0.2) is 12.1 Å². The van der Waals surface area contributed by atoms with Gasteiger partial charge >= 0.3 is 0 Å². The first-order chi connectivity index (χ1) is 6.79. The lowest BCUT2D eigenvalue weighted by atomic mass is 10.3. The molecule has 76 valence electrons. The molecule has 1 aromatic heterocycles. The summed E-state index contributed by atoms with van der Waals surface area (Å²) in [5.41, 5.74) is 5.46. The Balaban J connectivity index is 2.06. The maximum Gasteiger partial charge on any atom is 0.151 e. The van der Waals surface area contributed by atoms with E-state index in [1.165, 1.54) is 0 Å². The van der Waals surface area contributed by atoms with Crippen LogP contribution in [-0.2, 0) is 4.74 Å². The van der Waals surface area contributed by atoms with Gasteiger partial charge in [-0.3, -0.25) is 0 Å². The molecular formula is C9H14N4O. The number of nitrogens with two attached hydrogens (primary N) is 1.